The van der Waals surface area contributed by atoms with Gasteiger partial charge in [0, 0.05) is 30.2 Å². The number of nitrogens with two attached hydrogens (primary N) is 1. The molecule has 0 spiro atoms. The summed E-state index contributed by atoms with van der Waals surface area (Å²) in [6, 6.07) is 5.72. The predicted octanol–water partition coefficient (Wildman–Crippen LogP) is 2.13. The van der Waals surface area contributed by atoms with Crippen molar-refractivity contribution in [3.8, 4) is 0 Å². The second-order valence-electron chi connectivity index (χ2n) is 3.52. The van der Waals surface area contributed by atoms with E-state index in [1.54, 1.807) is 16.7 Å². The van der Waals surface area contributed by atoms with E-state index < -0.39 is 0 Å². The molecule has 3 nitrogen and oxygen atoms in total. The van der Waals surface area contributed by atoms with Crippen molar-refractivity contribution in [1.29, 1.82) is 0 Å². The molecule has 1 aliphatic heterocycles. The Balaban J connectivity index is 2.35. The summed E-state index contributed by atoms with van der Waals surface area (Å²) >= 11 is 7.88. The van der Waals surface area contributed by atoms with Gasteiger partial charge < -0.3 is 10.6 Å². The van der Waals surface area contributed by atoms with Gasteiger partial charge in [0.15, 0.2) is 0 Å². The number of anilines is 1. The first-order chi connectivity index (χ1) is 7.74. The molecule has 0 aliphatic carbocycles. The van der Waals surface area contributed by atoms with Crippen molar-refractivity contribution in [3.05, 3.63) is 23.2 Å². The van der Waals surface area contributed by atoms with E-state index in [1.165, 1.54) is 0 Å². The fraction of sp³-hybridized carbons (Fsp3) is 0.364. The van der Waals surface area contributed by atoms with Crippen molar-refractivity contribution in [2.75, 3.05) is 23.7 Å². The van der Waals surface area contributed by atoms with E-state index in [0.29, 0.717) is 24.5 Å². The highest BCUT2D eigenvalue weighted by molar-refractivity contribution is 7.99. The van der Waals surface area contributed by atoms with Gasteiger partial charge in [0.2, 0.25) is 5.91 Å². The molecule has 16 heavy (non-hydrogen) atoms. The zero-order chi connectivity index (χ0) is 11.5. The summed E-state index contributed by atoms with van der Waals surface area (Å²) in [5.41, 5.74) is 6.25. The minimum absolute atomic E-state index is 0.0529. The number of carbonyl (C=O) groups excluding carboxylic acids is 1. The molecule has 0 unspecified atom stereocenters. The summed E-state index contributed by atoms with van der Waals surface area (Å²) in [6.45, 7) is 1.09. The topological polar surface area (TPSA) is 46.3 Å². The Labute approximate surface area is 104 Å². The summed E-state index contributed by atoms with van der Waals surface area (Å²) in [7, 11) is 0. The fourth-order valence-electron chi connectivity index (χ4n) is 1.74. The second kappa shape index (κ2) is 5.08. The van der Waals surface area contributed by atoms with Crippen LogP contribution in [0.5, 0.6) is 0 Å². The van der Waals surface area contributed by atoms with Crippen LogP contribution < -0.4 is 10.6 Å². The Morgan fingerprint density at radius 1 is 1.56 bits per heavy atom. The van der Waals surface area contributed by atoms with Crippen LogP contribution in [0.1, 0.15) is 6.42 Å². The Bertz CT molecular complexity index is 411. The molecule has 0 atom stereocenters. The summed E-state index contributed by atoms with van der Waals surface area (Å²) in [4.78, 5) is 14.7. The van der Waals surface area contributed by atoms with Gasteiger partial charge in [-0.15, -0.1) is 11.8 Å². The molecule has 0 saturated heterocycles. The molecule has 1 aromatic rings. The van der Waals surface area contributed by atoms with E-state index in [9.17, 15) is 4.79 Å². The van der Waals surface area contributed by atoms with E-state index in [-0.39, 0.29) is 5.91 Å². The quantitative estimate of drug-likeness (QED) is 0.882. The number of hydrogen-bond acceptors (Lipinski definition) is 3. The molecule has 1 aliphatic rings. The number of rotatable bonds is 2. The molecule has 0 bridgehead atoms. The zero-order valence-electron chi connectivity index (χ0n) is 8.78. The summed E-state index contributed by atoms with van der Waals surface area (Å²) in [5.74, 6) is 0.959. The van der Waals surface area contributed by atoms with Gasteiger partial charge in [-0.3, -0.25) is 4.79 Å². The standard InChI is InChI=1S/C11H13ClN2OS/c12-8-2-1-3-9-11(8)14(6-7-16-9)10(15)4-5-13/h1-3H,4-7,13H2. The summed E-state index contributed by atoms with van der Waals surface area (Å²) < 4.78 is 0. The third kappa shape index (κ3) is 2.19. The van der Waals surface area contributed by atoms with E-state index in [4.69, 9.17) is 17.3 Å². The highest BCUT2D eigenvalue weighted by Gasteiger charge is 2.24. The SMILES string of the molecule is NCCC(=O)N1CCSc2cccc(Cl)c21. The van der Waals surface area contributed by atoms with Crippen LogP contribution in [0.3, 0.4) is 0 Å². The first kappa shape index (κ1) is 11.8. The van der Waals surface area contributed by atoms with Crippen LogP contribution in [0.15, 0.2) is 23.1 Å². The van der Waals surface area contributed by atoms with Gasteiger partial charge in [0.25, 0.3) is 0 Å². The number of nitrogens with zero attached hydrogens (tertiary/aromatic N) is 1. The van der Waals surface area contributed by atoms with Crippen LogP contribution in [0.2, 0.25) is 5.02 Å². The molecule has 1 aromatic carbocycles. The van der Waals surface area contributed by atoms with Crippen molar-refractivity contribution >= 4 is 35.0 Å². The van der Waals surface area contributed by atoms with Crippen LogP contribution in [0.4, 0.5) is 5.69 Å². The first-order valence-corrected chi connectivity index (χ1v) is 6.52. The minimum atomic E-state index is 0.0529. The number of para-hydroxylation sites is 1. The Kier molecular flexibility index (Phi) is 3.74. The molecule has 5 heteroatoms. The largest absolute Gasteiger partial charge is 0.330 e. The van der Waals surface area contributed by atoms with Gasteiger partial charge >= 0.3 is 0 Å². The highest BCUT2D eigenvalue weighted by atomic mass is 35.5. The number of halogens is 1. The molecular formula is C11H13ClN2OS. The van der Waals surface area contributed by atoms with Crippen molar-refractivity contribution in [2.24, 2.45) is 5.73 Å². The van der Waals surface area contributed by atoms with Crippen molar-refractivity contribution in [2.45, 2.75) is 11.3 Å². The molecule has 0 aromatic heterocycles. The van der Waals surface area contributed by atoms with Crippen molar-refractivity contribution in [3.63, 3.8) is 0 Å². The average molecular weight is 257 g/mol. The Hall–Kier alpha value is -0.710. The molecule has 1 heterocycles. The van der Waals surface area contributed by atoms with E-state index >= 15 is 0 Å². The van der Waals surface area contributed by atoms with Gasteiger partial charge in [0.1, 0.15) is 0 Å². The lowest BCUT2D eigenvalue weighted by atomic mass is 10.2. The van der Waals surface area contributed by atoms with Gasteiger partial charge in [-0.25, -0.2) is 0 Å². The second-order valence-corrected chi connectivity index (χ2v) is 5.06. The Morgan fingerprint density at radius 2 is 2.38 bits per heavy atom. The minimum Gasteiger partial charge on any atom is -0.330 e. The number of benzene rings is 1. The molecule has 1 amide bonds. The van der Waals surface area contributed by atoms with E-state index in [2.05, 4.69) is 0 Å². The maximum absolute atomic E-state index is 11.9. The van der Waals surface area contributed by atoms with Gasteiger partial charge in [-0.1, -0.05) is 17.7 Å². The molecular weight excluding hydrogens is 244 g/mol. The van der Waals surface area contributed by atoms with Gasteiger partial charge in [-0.05, 0) is 12.1 Å². The molecule has 0 radical (unpaired) electrons. The molecule has 0 saturated carbocycles. The first-order valence-electron chi connectivity index (χ1n) is 5.16. The number of carbonyl (C=O) groups is 1. The van der Waals surface area contributed by atoms with Crippen molar-refractivity contribution < 1.29 is 4.79 Å². The lowest BCUT2D eigenvalue weighted by Gasteiger charge is -2.29. The van der Waals surface area contributed by atoms with Crippen LogP contribution in [0.25, 0.3) is 0 Å². The molecule has 2 rings (SSSR count). The maximum Gasteiger partial charge on any atom is 0.228 e. The number of thioether (sulfide) groups is 1. The predicted molar refractivity (Wildman–Crippen MR) is 68.2 cm³/mol. The van der Waals surface area contributed by atoms with Gasteiger partial charge in [-0.2, -0.15) is 0 Å². The van der Waals surface area contributed by atoms with Crippen LogP contribution in [0, 0.1) is 0 Å². The molecule has 2 N–H and O–H groups in total. The van der Waals surface area contributed by atoms with Crippen LogP contribution in [-0.4, -0.2) is 24.7 Å². The smallest absolute Gasteiger partial charge is 0.228 e. The van der Waals surface area contributed by atoms with Crippen LogP contribution in [-0.2, 0) is 4.79 Å². The number of amides is 1. The fourth-order valence-corrected chi connectivity index (χ4v) is 3.10. The molecule has 86 valence electrons. The van der Waals surface area contributed by atoms with E-state index in [1.807, 2.05) is 18.2 Å². The number of fused-ring (bicyclic) bond motifs is 1. The van der Waals surface area contributed by atoms with Crippen LogP contribution >= 0.6 is 23.4 Å². The summed E-state index contributed by atoms with van der Waals surface area (Å²) in [6.07, 6.45) is 0.370. The average Bonchev–Trinajstić information content (AvgIpc) is 2.29. The maximum atomic E-state index is 11.9. The summed E-state index contributed by atoms with van der Waals surface area (Å²) in [5, 5.41) is 0.634. The number of hydrogen-bond donors (Lipinski definition) is 1. The highest BCUT2D eigenvalue weighted by Crippen LogP contribution is 2.39. The zero-order valence-corrected chi connectivity index (χ0v) is 10.4. The normalized spacial score (nSPS) is 14.8. The van der Waals surface area contributed by atoms with Crippen molar-refractivity contribution in [1.82, 2.24) is 0 Å². The monoisotopic (exact) mass is 256 g/mol. The third-order valence-corrected chi connectivity index (χ3v) is 3.78. The third-order valence-electron chi connectivity index (χ3n) is 2.45. The lowest BCUT2D eigenvalue weighted by molar-refractivity contribution is -0.118. The molecule has 0 fully saturated rings. The Morgan fingerprint density at radius 3 is 3.12 bits per heavy atom. The van der Waals surface area contributed by atoms with Gasteiger partial charge in [0.05, 0.1) is 10.7 Å². The lowest BCUT2D eigenvalue weighted by Crippen LogP contribution is -2.36. The van der Waals surface area contributed by atoms with E-state index in [0.717, 1.165) is 16.3 Å².